The molecule has 0 amide bonds. The van der Waals surface area contributed by atoms with Gasteiger partial charge in [-0.15, -0.1) is 0 Å². The molecule has 0 radical (unpaired) electrons. The van der Waals surface area contributed by atoms with Crippen molar-refractivity contribution in [2.24, 2.45) is 0 Å². The highest BCUT2D eigenvalue weighted by Crippen LogP contribution is 2.29. The normalized spacial score (nSPS) is 18.5. The fraction of sp³-hybridized carbons (Fsp3) is 0.600. The third-order valence-electron chi connectivity index (χ3n) is 4.02. The quantitative estimate of drug-likeness (QED) is 0.737. The third-order valence-corrected chi connectivity index (χ3v) is 4.02. The number of rotatable bonds is 6. The zero-order chi connectivity index (χ0) is 14.0. The predicted octanol–water partition coefficient (Wildman–Crippen LogP) is 2.23. The van der Waals surface area contributed by atoms with Crippen LogP contribution in [0.4, 0.5) is 0 Å². The van der Waals surface area contributed by atoms with Crippen molar-refractivity contribution in [1.29, 1.82) is 0 Å². The summed E-state index contributed by atoms with van der Waals surface area (Å²) in [6.07, 6.45) is 2.63. The van der Waals surface area contributed by atoms with E-state index in [1.807, 2.05) is 6.92 Å². The molecule has 1 aliphatic rings. The number of nitrogens with zero attached hydrogens (tertiary/aromatic N) is 1. The first-order valence-corrected chi connectivity index (χ1v) is 6.96. The molecule has 0 heterocycles. The topological polar surface area (TPSA) is 55.7 Å². The van der Waals surface area contributed by atoms with E-state index >= 15 is 0 Å². The maximum absolute atomic E-state index is 9.82. The summed E-state index contributed by atoms with van der Waals surface area (Å²) in [5, 5.41) is 22.6. The van der Waals surface area contributed by atoms with E-state index < -0.39 is 0 Å². The SMILES string of the molecule is CC(NCC(C)N(C)C1CC1)c1ccc(O)cc1O. The summed E-state index contributed by atoms with van der Waals surface area (Å²) in [6, 6.07) is 6.05. The summed E-state index contributed by atoms with van der Waals surface area (Å²) in [5.74, 6) is 0.235. The molecular weight excluding hydrogens is 240 g/mol. The van der Waals surface area contributed by atoms with Gasteiger partial charge in [-0.1, -0.05) is 6.07 Å². The van der Waals surface area contributed by atoms with Crippen molar-refractivity contribution in [2.45, 2.75) is 44.8 Å². The Morgan fingerprint density at radius 3 is 2.58 bits per heavy atom. The molecule has 1 aliphatic carbocycles. The monoisotopic (exact) mass is 264 g/mol. The van der Waals surface area contributed by atoms with Crippen molar-refractivity contribution in [3.63, 3.8) is 0 Å². The highest BCUT2D eigenvalue weighted by molar-refractivity contribution is 5.40. The lowest BCUT2D eigenvalue weighted by Gasteiger charge is -2.26. The van der Waals surface area contributed by atoms with Gasteiger partial charge in [-0.25, -0.2) is 0 Å². The van der Waals surface area contributed by atoms with Gasteiger partial charge in [0.2, 0.25) is 0 Å². The van der Waals surface area contributed by atoms with E-state index in [1.165, 1.54) is 18.9 Å². The smallest absolute Gasteiger partial charge is 0.124 e. The zero-order valence-electron chi connectivity index (χ0n) is 11.9. The molecule has 1 fully saturated rings. The van der Waals surface area contributed by atoms with E-state index in [1.54, 1.807) is 12.1 Å². The Morgan fingerprint density at radius 1 is 1.32 bits per heavy atom. The van der Waals surface area contributed by atoms with Crippen LogP contribution < -0.4 is 5.32 Å². The minimum absolute atomic E-state index is 0.0654. The van der Waals surface area contributed by atoms with Gasteiger partial charge in [-0.05, 0) is 39.8 Å². The maximum atomic E-state index is 9.82. The van der Waals surface area contributed by atoms with Crippen molar-refractivity contribution >= 4 is 0 Å². The van der Waals surface area contributed by atoms with Gasteiger partial charge in [0.1, 0.15) is 11.5 Å². The number of hydrogen-bond acceptors (Lipinski definition) is 4. The molecule has 0 aliphatic heterocycles. The number of aromatic hydroxyl groups is 2. The van der Waals surface area contributed by atoms with Crippen molar-refractivity contribution in [3.8, 4) is 11.5 Å². The van der Waals surface area contributed by atoms with Crippen LogP contribution in [0.25, 0.3) is 0 Å². The second-order valence-corrected chi connectivity index (χ2v) is 5.62. The minimum Gasteiger partial charge on any atom is -0.508 e. The number of phenols is 2. The molecule has 4 heteroatoms. The molecule has 1 aromatic rings. The van der Waals surface area contributed by atoms with Crippen molar-refractivity contribution in [3.05, 3.63) is 23.8 Å². The summed E-state index contributed by atoms with van der Waals surface area (Å²) < 4.78 is 0. The molecule has 1 saturated carbocycles. The van der Waals surface area contributed by atoms with E-state index in [2.05, 4.69) is 24.2 Å². The number of likely N-dealkylation sites (N-methyl/N-ethyl adjacent to an activating group) is 1. The summed E-state index contributed by atoms with van der Waals surface area (Å²) in [5.41, 5.74) is 0.819. The Morgan fingerprint density at radius 2 is 2.00 bits per heavy atom. The van der Waals surface area contributed by atoms with Gasteiger partial charge in [-0.2, -0.15) is 0 Å². The fourth-order valence-electron chi connectivity index (χ4n) is 2.34. The lowest BCUT2D eigenvalue weighted by Crippen LogP contribution is -2.39. The van der Waals surface area contributed by atoms with Crippen LogP contribution in [-0.4, -0.2) is 40.8 Å². The Hall–Kier alpha value is -1.26. The molecule has 19 heavy (non-hydrogen) atoms. The number of nitrogens with one attached hydrogen (secondary N) is 1. The van der Waals surface area contributed by atoms with E-state index in [-0.39, 0.29) is 17.5 Å². The average Bonchev–Trinajstić information content (AvgIpc) is 3.18. The van der Waals surface area contributed by atoms with Crippen molar-refractivity contribution in [2.75, 3.05) is 13.6 Å². The third kappa shape index (κ3) is 3.61. The molecular formula is C15H24N2O2. The standard InChI is InChI=1S/C15H24N2O2/c1-10(17(3)12-4-5-12)9-16-11(2)14-7-6-13(18)8-15(14)19/h6-8,10-12,16,18-19H,4-5,9H2,1-3H3. The van der Waals surface area contributed by atoms with Gasteiger partial charge in [0.05, 0.1) is 0 Å². The first-order chi connectivity index (χ1) is 8.99. The van der Waals surface area contributed by atoms with Gasteiger partial charge < -0.3 is 15.5 Å². The largest absolute Gasteiger partial charge is 0.508 e. The average molecular weight is 264 g/mol. The first-order valence-electron chi connectivity index (χ1n) is 6.96. The van der Waals surface area contributed by atoms with Gasteiger partial charge in [0, 0.05) is 36.3 Å². The molecule has 1 aromatic carbocycles. The van der Waals surface area contributed by atoms with Gasteiger partial charge in [0.15, 0.2) is 0 Å². The number of benzene rings is 1. The summed E-state index contributed by atoms with van der Waals surface area (Å²) in [7, 11) is 2.17. The number of phenolic OH excluding ortho intramolecular Hbond substituents is 2. The Bertz CT molecular complexity index is 432. The number of hydrogen-bond donors (Lipinski definition) is 3. The molecule has 2 atom stereocenters. The van der Waals surface area contributed by atoms with E-state index in [9.17, 15) is 10.2 Å². The molecule has 4 nitrogen and oxygen atoms in total. The van der Waals surface area contributed by atoms with Crippen LogP contribution in [-0.2, 0) is 0 Å². The molecule has 0 bridgehead atoms. The fourth-order valence-corrected chi connectivity index (χ4v) is 2.34. The van der Waals surface area contributed by atoms with Crippen molar-refractivity contribution in [1.82, 2.24) is 10.2 Å². The lowest BCUT2D eigenvalue weighted by atomic mass is 10.1. The molecule has 0 spiro atoms. The van der Waals surface area contributed by atoms with Crippen LogP contribution in [0, 0.1) is 0 Å². The molecule has 2 unspecified atom stereocenters. The summed E-state index contributed by atoms with van der Waals surface area (Å²) >= 11 is 0. The lowest BCUT2D eigenvalue weighted by molar-refractivity contribution is 0.236. The van der Waals surface area contributed by atoms with Crippen LogP contribution in [0.2, 0.25) is 0 Å². The van der Waals surface area contributed by atoms with Crippen LogP contribution in [0.5, 0.6) is 11.5 Å². The Kier molecular flexibility index (Phi) is 4.32. The molecule has 0 saturated heterocycles. The minimum atomic E-state index is 0.0654. The van der Waals surface area contributed by atoms with E-state index in [0.717, 1.165) is 18.2 Å². The van der Waals surface area contributed by atoms with Gasteiger partial charge in [-0.3, -0.25) is 4.90 Å². The van der Waals surface area contributed by atoms with E-state index in [4.69, 9.17) is 0 Å². The summed E-state index contributed by atoms with van der Waals surface area (Å²) in [6.45, 7) is 5.12. The Labute approximate surface area is 115 Å². The zero-order valence-corrected chi connectivity index (χ0v) is 11.9. The van der Waals surface area contributed by atoms with E-state index in [0.29, 0.717) is 6.04 Å². The van der Waals surface area contributed by atoms with Crippen LogP contribution in [0.3, 0.4) is 0 Å². The molecule has 2 rings (SSSR count). The Balaban J connectivity index is 1.87. The second kappa shape index (κ2) is 5.80. The highest BCUT2D eigenvalue weighted by atomic mass is 16.3. The van der Waals surface area contributed by atoms with Crippen LogP contribution in [0.1, 0.15) is 38.3 Å². The van der Waals surface area contributed by atoms with Crippen LogP contribution >= 0.6 is 0 Å². The molecule has 0 aromatic heterocycles. The molecule has 106 valence electrons. The second-order valence-electron chi connectivity index (χ2n) is 5.62. The maximum Gasteiger partial charge on any atom is 0.124 e. The predicted molar refractivity (Wildman–Crippen MR) is 76.4 cm³/mol. The first kappa shape index (κ1) is 14.2. The highest BCUT2D eigenvalue weighted by Gasteiger charge is 2.29. The van der Waals surface area contributed by atoms with Crippen LogP contribution in [0.15, 0.2) is 18.2 Å². The molecule has 3 N–H and O–H groups in total. The van der Waals surface area contributed by atoms with Gasteiger partial charge in [0.25, 0.3) is 0 Å². The summed E-state index contributed by atoms with van der Waals surface area (Å²) in [4.78, 5) is 2.41. The van der Waals surface area contributed by atoms with Crippen molar-refractivity contribution < 1.29 is 10.2 Å². The van der Waals surface area contributed by atoms with Gasteiger partial charge >= 0.3 is 0 Å².